The zero-order valence-electron chi connectivity index (χ0n) is 11.5. The van der Waals surface area contributed by atoms with Gasteiger partial charge >= 0.3 is 5.97 Å². The van der Waals surface area contributed by atoms with Crippen LogP contribution in [0.5, 0.6) is 0 Å². The maximum atomic E-state index is 11.4. The minimum Gasteiger partial charge on any atom is -0.481 e. The van der Waals surface area contributed by atoms with E-state index in [1.54, 1.807) is 0 Å². The largest absolute Gasteiger partial charge is 0.481 e. The molecule has 0 atom stereocenters. The summed E-state index contributed by atoms with van der Waals surface area (Å²) >= 11 is 0. The summed E-state index contributed by atoms with van der Waals surface area (Å²) in [6.45, 7) is 4.23. The third-order valence-electron chi connectivity index (χ3n) is 4.14. The van der Waals surface area contributed by atoms with Crippen LogP contribution in [0.3, 0.4) is 0 Å². The summed E-state index contributed by atoms with van der Waals surface area (Å²) in [5.74, 6) is 0.681. The van der Waals surface area contributed by atoms with Gasteiger partial charge in [0.2, 0.25) is 0 Å². The Morgan fingerprint density at radius 1 is 1.42 bits per heavy atom. The molecule has 3 rings (SSSR count). The molecular weight excluding hydrogens is 240 g/mol. The SMILES string of the molecule is CC(C)c1nc2ccc(C3(C(=O)O)CC3)cc2n1C. The molecular formula is C15H18N2O2. The molecule has 1 aromatic heterocycles. The topological polar surface area (TPSA) is 55.1 Å². The van der Waals surface area contributed by atoms with E-state index in [4.69, 9.17) is 0 Å². The number of fused-ring (bicyclic) bond motifs is 1. The van der Waals surface area contributed by atoms with E-state index >= 15 is 0 Å². The Morgan fingerprint density at radius 3 is 2.63 bits per heavy atom. The lowest BCUT2D eigenvalue weighted by atomic mass is 9.96. The number of imidazole rings is 1. The highest BCUT2D eigenvalue weighted by Crippen LogP contribution is 2.48. The highest BCUT2D eigenvalue weighted by Gasteiger charge is 2.51. The monoisotopic (exact) mass is 258 g/mol. The number of aryl methyl sites for hydroxylation is 1. The molecule has 1 aliphatic rings. The average Bonchev–Trinajstić information content (AvgIpc) is 3.10. The Balaban J connectivity index is 2.16. The van der Waals surface area contributed by atoms with Crippen LogP contribution in [-0.4, -0.2) is 20.6 Å². The lowest BCUT2D eigenvalue weighted by molar-refractivity contribution is -0.140. The van der Waals surface area contributed by atoms with Crippen molar-refractivity contribution in [1.29, 1.82) is 0 Å². The second-order valence-corrected chi connectivity index (χ2v) is 5.77. The van der Waals surface area contributed by atoms with Gasteiger partial charge in [-0.05, 0) is 30.5 Å². The van der Waals surface area contributed by atoms with E-state index in [0.29, 0.717) is 5.92 Å². The zero-order chi connectivity index (χ0) is 13.8. The number of nitrogens with zero attached hydrogens (tertiary/aromatic N) is 2. The van der Waals surface area contributed by atoms with Crippen LogP contribution >= 0.6 is 0 Å². The Labute approximate surface area is 112 Å². The molecule has 0 bridgehead atoms. The van der Waals surface area contributed by atoms with Crippen LogP contribution in [0.25, 0.3) is 11.0 Å². The summed E-state index contributed by atoms with van der Waals surface area (Å²) in [7, 11) is 1.99. The van der Waals surface area contributed by atoms with Gasteiger partial charge in [0, 0.05) is 13.0 Å². The minimum atomic E-state index is -0.710. The number of rotatable bonds is 3. The van der Waals surface area contributed by atoms with Crippen molar-refractivity contribution in [2.24, 2.45) is 7.05 Å². The first-order valence-corrected chi connectivity index (χ1v) is 6.66. The molecule has 1 aliphatic carbocycles. The molecule has 1 fully saturated rings. The molecule has 0 radical (unpaired) electrons. The first kappa shape index (κ1) is 12.2. The van der Waals surface area contributed by atoms with Crippen molar-refractivity contribution in [3.05, 3.63) is 29.6 Å². The van der Waals surface area contributed by atoms with Crippen molar-refractivity contribution in [1.82, 2.24) is 9.55 Å². The normalized spacial score (nSPS) is 17.1. The Morgan fingerprint density at radius 2 is 2.11 bits per heavy atom. The van der Waals surface area contributed by atoms with Gasteiger partial charge in [0.1, 0.15) is 5.82 Å². The molecule has 100 valence electrons. The molecule has 0 saturated heterocycles. The average molecular weight is 258 g/mol. The van der Waals surface area contributed by atoms with E-state index in [1.165, 1.54) is 0 Å². The van der Waals surface area contributed by atoms with Crippen LogP contribution in [0.1, 0.15) is 44.0 Å². The van der Waals surface area contributed by atoms with E-state index in [-0.39, 0.29) is 0 Å². The second kappa shape index (κ2) is 3.83. The molecule has 1 aromatic carbocycles. The summed E-state index contributed by atoms with van der Waals surface area (Å²) < 4.78 is 2.07. The Bertz CT molecular complexity index is 666. The van der Waals surface area contributed by atoms with E-state index in [2.05, 4.69) is 23.4 Å². The van der Waals surface area contributed by atoms with Crippen molar-refractivity contribution in [2.75, 3.05) is 0 Å². The van der Waals surface area contributed by atoms with E-state index in [0.717, 1.165) is 35.3 Å². The van der Waals surface area contributed by atoms with E-state index in [9.17, 15) is 9.90 Å². The quantitative estimate of drug-likeness (QED) is 0.921. The van der Waals surface area contributed by atoms with Crippen molar-refractivity contribution >= 4 is 17.0 Å². The van der Waals surface area contributed by atoms with Gasteiger partial charge in [-0.15, -0.1) is 0 Å². The Kier molecular flexibility index (Phi) is 2.46. The molecule has 4 nitrogen and oxygen atoms in total. The van der Waals surface area contributed by atoms with Gasteiger partial charge in [0.15, 0.2) is 0 Å². The predicted molar refractivity (Wildman–Crippen MR) is 73.4 cm³/mol. The number of hydrogen-bond donors (Lipinski definition) is 1. The molecule has 19 heavy (non-hydrogen) atoms. The van der Waals surface area contributed by atoms with Crippen LogP contribution < -0.4 is 0 Å². The molecule has 1 N–H and O–H groups in total. The zero-order valence-corrected chi connectivity index (χ0v) is 11.5. The summed E-state index contributed by atoms with van der Waals surface area (Å²) in [6, 6.07) is 5.86. The first-order valence-electron chi connectivity index (χ1n) is 6.66. The van der Waals surface area contributed by atoms with Crippen molar-refractivity contribution in [3.63, 3.8) is 0 Å². The second-order valence-electron chi connectivity index (χ2n) is 5.77. The number of carboxylic acid groups (broad SMARTS) is 1. The van der Waals surface area contributed by atoms with E-state index < -0.39 is 11.4 Å². The van der Waals surface area contributed by atoms with Gasteiger partial charge in [0.25, 0.3) is 0 Å². The van der Waals surface area contributed by atoms with Crippen LogP contribution in [0.15, 0.2) is 18.2 Å². The number of hydrogen-bond acceptors (Lipinski definition) is 2. The fourth-order valence-electron chi connectivity index (χ4n) is 2.77. The maximum Gasteiger partial charge on any atom is 0.314 e. The number of carboxylic acids is 1. The van der Waals surface area contributed by atoms with Crippen molar-refractivity contribution < 1.29 is 9.90 Å². The maximum absolute atomic E-state index is 11.4. The summed E-state index contributed by atoms with van der Waals surface area (Å²) in [4.78, 5) is 16.0. The van der Waals surface area contributed by atoms with Crippen LogP contribution in [0.2, 0.25) is 0 Å². The molecule has 0 amide bonds. The first-order chi connectivity index (χ1) is 8.95. The van der Waals surface area contributed by atoms with Crippen molar-refractivity contribution in [3.8, 4) is 0 Å². The predicted octanol–water partition coefficient (Wildman–Crippen LogP) is 2.81. The van der Waals surface area contributed by atoms with Gasteiger partial charge in [0.05, 0.1) is 16.4 Å². The summed E-state index contributed by atoms with van der Waals surface area (Å²) in [5.41, 5.74) is 2.23. The molecule has 0 spiro atoms. The number of aliphatic carboxylic acids is 1. The summed E-state index contributed by atoms with van der Waals surface area (Å²) in [5, 5.41) is 9.37. The van der Waals surface area contributed by atoms with Crippen molar-refractivity contribution in [2.45, 2.75) is 38.0 Å². The van der Waals surface area contributed by atoms with Crippen LogP contribution in [0, 0.1) is 0 Å². The van der Waals surface area contributed by atoms with Gasteiger partial charge in [-0.25, -0.2) is 4.98 Å². The van der Waals surface area contributed by atoms with Gasteiger partial charge in [-0.2, -0.15) is 0 Å². The highest BCUT2D eigenvalue weighted by atomic mass is 16.4. The molecule has 1 saturated carbocycles. The standard InChI is InChI=1S/C15H18N2O2/c1-9(2)13-16-11-5-4-10(8-12(11)17(13)3)15(6-7-15)14(18)19/h4-5,8-9H,6-7H2,1-3H3,(H,18,19). The molecule has 1 heterocycles. The molecule has 0 aliphatic heterocycles. The third kappa shape index (κ3) is 1.66. The van der Waals surface area contributed by atoms with E-state index in [1.807, 2.05) is 25.2 Å². The van der Waals surface area contributed by atoms with Gasteiger partial charge in [-0.1, -0.05) is 19.9 Å². The number of aromatic nitrogens is 2. The minimum absolute atomic E-state index is 0.357. The van der Waals surface area contributed by atoms with Crippen LogP contribution in [-0.2, 0) is 17.3 Å². The van der Waals surface area contributed by atoms with Crippen LogP contribution in [0.4, 0.5) is 0 Å². The molecule has 4 heteroatoms. The van der Waals surface area contributed by atoms with Gasteiger partial charge in [-0.3, -0.25) is 4.79 Å². The number of carbonyl (C=O) groups is 1. The highest BCUT2D eigenvalue weighted by molar-refractivity contribution is 5.87. The lowest BCUT2D eigenvalue weighted by Gasteiger charge is -2.10. The smallest absolute Gasteiger partial charge is 0.314 e. The fourth-order valence-corrected chi connectivity index (χ4v) is 2.77. The molecule has 2 aromatic rings. The summed E-state index contributed by atoms with van der Waals surface area (Å²) in [6.07, 6.45) is 1.48. The van der Waals surface area contributed by atoms with Gasteiger partial charge < -0.3 is 9.67 Å². The lowest BCUT2D eigenvalue weighted by Crippen LogP contribution is -2.19. The third-order valence-corrected chi connectivity index (χ3v) is 4.14. The molecule has 0 unspecified atom stereocenters. The Hall–Kier alpha value is -1.84. The fraction of sp³-hybridized carbons (Fsp3) is 0.467. The number of benzene rings is 1.